The van der Waals surface area contributed by atoms with Crippen LogP contribution in [0.3, 0.4) is 0 Å². The zero-order chi connectivity index (χ0) is 14.0. The third-order valence-electron chi connectivity index (χ3n) is 3.64. The number of halogens is 2. The van der Waals surface area contributed by atoms with Crippen LogP contribution in [0.1, 0.15) is 48.7 Å². The van der Waals surface area contributed by atoms with Gasteiger partial charge in [-0.1, -0.05) is 44.5 Å². The molecular formula is C15H18F2O2. The minimum Gasteiger partial charge on any atom is -0.373 e. The molecule has 19 heavy (non-hydrogen) atoms. The van der Waals surface area contributed by atoms with Crippen LogP contribution in [0.2, 0.25) is 0 Å². The Labute approximate surface area is 111 Å². The van der Waals surface area contributed by atoms with Crippen molar-refractivity contribution in [2.45, 2.75) is 38.7 Å². The summed E-state index contributed by atoms with van der Waals surface area (Å²) >= 11 is 0. The highest BCUT2D eigenvalue weighted by Gasteiger charge is 2.53. The Morgan fingerprint density at radius 1 is 1.32 bits per heavy atom. The molecule has 2 atom stereocenters. The molecule has 0 saturated carbocycles. The SMILES string of the molecule is CCCCOC1c2ccccc2C(=O)C(F)(F)C1C. The van der Waals surface area contributed by atoms with Crippen LogP contribution in [0.5, 0.6) is 0 Å². The summed E-state index contributed by atoms with van der Waals surface area (Å²) < 4.78 is 33.6. The monoisotopic (exact) mass is 268 g/mol. The quantitative estimate of drug-likeness (QED) is 0.771. The minimum absolute atomic E-state index is 0.0899. The molecule has 0 aliphatic heterocycles. The van der Waals surface area contributed by atoms with Crippen molar-refractivity contribution >= 4 is 5.78 Å². The van der Waals surface area contributed by atoms with E-state index in [4.69, 9.17) is 4.74 Å². The standard InChI is InChI=1S/C15H18F2O2/c1-3-4-9-19-13-10(2)15(16,17)14(18)12-8-6-5-7-11(12)13/h5-8,10,13H,3-4,9H2,1-2H3. The summed E-state index contributed by atoms with van der Waals surface area (Å²) in [4.78, 5) is 11.8. The lowest BCUT2D eigenvalue weighted by Gasteiger charge is -2.36. The van der Waals surface area contributed by atoms with Crippen molar-refractivity contribution < 1.29 is 18.3 Å². The van der Waals surface area contributed by atoms with E-state index in [9.17, 15) is 13.6 Å². The third kappa shape index (κ3) is 2.41. The average Bonchev–Trinajstić information content (AvgIpc) is 2.41. The summed E-state index contributed by atoms with van der Waals surface area (Å²) in [6.07, 6.45) is 1.05. The molecule has 1 aliphatic rings. The largest absolute Gasteiger partial charge is 0.373 e. The molecule has 2 unspecified atom stereocenters. The maximum absolute atomic E-state index is 14.0. The second-order valence-electron chi connectivity index (χ2n) is 4.97. The number of benzene rings is 1. The van der Waals surface area contributed by atoms with Gasteiger partial charge in [0.15, 0.2) is 0 Å². The van der Waals surface area contributed by atoms with Crippen LogP contribution in [0.15, 0.2) is 24.3 Å². The number of ether oxygens (including phenoxy) is 1. The van der Waals surface area contributed by atoms with Crippen LogP contribution >= 0.6 is 0 Å². The number of fused-ring (bicyclic) bond motifs is 1. The van der Waals surface area contributed by atoms with Gasteiger partial charge in [0.25, 0.3) is 0 Å². The Morgan fingerprint density at radius 2 is 2.00 bits per heavy atom. The van der Waals surface area contributed by atoms with E-state index in [1.165, 1.54) is 13.0 Å². The van der Waals surface area contributed by atoms with Crippen molar-refractivity contribution in [1.82, 2.24) is 0 Å². The highest BCUT2D eigenvalue weighted by molar-refractivity contribution is 6.04. The lowest BCUT2D eigenvalue weighted by Crippen LogP contribution is -2.44. The number of Topliss-reactive ketones (excluding diaryl/α,β-unsaturated/α-hetero) is 1. The molecule has 4 heteroatoms. The van der Waals surface area contributed by atoms with Gasteiger partial charge in [-0.05, 0) is 12.0 Å². The first-order valence-electron chi connectivity index (χ1n) is 6.63. The third-order valence-corrected chi connectivity index (χ3v) is 3.64. The van der Waals surface area contributed by atoms with Crippen LogP contribution in [0.25, 0.3) is 0 Å². The lowest BCUT2D eigenvalue weighted by molar-refractivity contribution is -0.0986. The first-order valence-corrected chi connectivity index (χ1v) is 6.63. The van der Waals surface area contributed by atoms with Crippen molar-refractivity contribution in [1.29, 1.82) is 0 Å². The van der Waals surface area contributed by atoms with E-state index in [-0.39, 0.29) is 5.56 Å². The topological polar surface area (TPSA) is 26.3 Å². The Bertz CT molecular complexity index is 471. The Morgan fingerprint density at radius 3 is 2.68 bits per heavy atom. The van der Waals surface area contributed by atoms with E-state index in [1.807, 2.05) is 6.92 Å². The van der Waals surface area contributed by atoms with E-state index < -0.39 is 23.7 Å². The Kier molecular flexibility index (Phi) is 3.99. The molecule has 0 bridgehead atoms. The molecule has 0 saturated heterocycles. The van der Waals surface area contributed by atoms with Crippen LogP contribution < -0.4 is 0 Å². The minimum atomic E-state index is -3.36. The summed E-state index contributed by atoms with van der Waals surface area (Å²) in [6.45, 7) is 3.83. The van der Waals surface area contributed by atoms with Crippen molar-refractivity contribution in [2.24, 2.45) is 5.92 Å². The number of ketones is 1. The molecule has 2 nitrogen and oxygen atoms in total. The summed E-state index contributed by atoms with van der Waals surface area (Å²) in [5.41, 5.74) is 0.675. The number of carbonyl (C=O) groups excluding carboxylic acids is 1. The molecule has 0 amide bonds. The molecule has 0 aromatic heterocycles. The molecule has 104 valence electrons. The van der Waals surface area contributed by atoms with Gasteiger partial charge < -0.3 is 4.74 Å². The number of hydrogen-bond donors (Lipinski definition) is 0. The van der Waals surface area contributed by atoms with Gasteiger partial charge in [-0.2, -0.15) is 8.78 Å². The van der Waals surface area contributed by atoms with Gasteiger partial charge in [0, 0.05) is 12.2 Å². The molecule has 0 radical (unpaired) electrons. The van der Waals surface area contributed by atoms with E-state index >= 15 is 0 Å². The predicted molar refractivity (Wildman–Crippen MR) is 68.5 cm³/mol. The lowest BCUT2D eigenvalue weighted by atomic mass is 9.78. The second kappa shape index (κ2) is 5.37. The van der Waals surface area contributed by atoms with Gasteiger partial charge in [-0.15, -0.1) is 0 Å². The van der Waals surface area contributed by atoms with Crippen LogP contribution in [0, 0.1) is 5.92 Å². The maximum atomic E-state index is 14.0. The summed E-state index contributed by atoms with van der Waals surface area (Å²) in [7, 11) is 0. The Hall–Kier alpha value is -1.29. The van der Waals surface area contributed by atoms with Crippen LogP contribution in [-0.2, 0) is 4.74 Å². The average molecular weight is 268 g/mol. The van der Waals surface area contributed by atoms with E-state index in [2.05, 4.69) is 0 Å². The molecule has 0 heterocycles. The first kappa shape index (κ1) is 14.1. The molecule has 0 N–H and O–H groups in total. The number of alkyl halides is 2. The van der Waals surface area contributed by atoms with Gasteiger partial charge in [-0.25, -0.2) is 0 Å². The fraction of sp³-hybridized carbons (Fsp3) is 0.533. The number of unbranched alkanes of at least 4 members (excludes halogenated alkanes) is 1. The molecule has 1 aromatic carbocycles. The summed E-state index contributed by atoms with van der Waals surface area (Å²) in [5, 5.41) is 0. The maximum Gasteiger partial charge on any atom is 0.315 e. The highest BCUT2D eigenvalue weighted by atomic mass is 19.3. The molecule has 0 fully saturated rings. The van der Waals surface area contributed by atoms with Gasteiger partial charge >= 0.3 is 5.92 Å². The summed E-state index contributed by atoms with van der Waals surface area (Å²) in [6, 6.07) is 6.51. The molecule has 1 aromatic rings. The van der Waals surface area contributed by atoms with Crippen molar-refractivity contribution in [3.05, 3.63) is 35.4 Å². The van der Waals surface area contributed by atoms with Crippen molar-refractivity contribution in [3.8, 4) is 0 Å². The van der Waals surface area contributed by atoms with E-state index in [1.54, 1.807) is 18.2 Å². The van der Waals surface area contributed by atoms with Gasteiger partial charge in [-0.3, -0.25) is 4.79 Å². The number of rotatable bonds is 4. The number of carbonyl (C=O) groups is 1. The smallest absolute Gasteiger partial charge is 0.315 e. The van der Waals surface area contributed by atoms with Gasteiger partial charge in [0.1, 0.15) is 0 Å². The van der Waals surface area contributed by atoms with Gasteiger partial charge in [0.2, 0.25) is 5.78 Å². The van der Waals surface area contributed by atoms with E-state index in [0.717, 1.165) is 12.8 Å². The number of hydrogen-bond acceptors (Lipinski definition) is 2. The fourth-order valence-electron chi connectivity index (χ4n) is 2.39. The predicted octanol–water partition coefficient (Wildman–Crippen LogP) is 4.01. The first-order chi connectivity index (χ1) is 9.00. The second-order valence-corrected chi connectivity index (χ2v) is 4.97. The molecular weight excluding hydrogens is 250 g/mol. The zero-order valence-corrected chi connectivity index (χ0v) is 11.2. The van der Waals surface area contributed by atoms with Crippen LogP contribution in [0.4, 0.5) is 8.78 Å². The normalized spacial score (nSPS) is 25.2. The molecule has 2 rings (SSSR count). The van der Waals surface area contributed by atoms with Crippen LogP contribution in [-0.4, -0.2) is 18.3 Å². The molecule has 1 aliphatic carbocycles. The highest BCUT2D eigenvalue weighted by Crippen LogP contribution is 2.45. The zero-order valence-electron chi connectivity index (χ0n) is 11.2. The molecule has 0 spiro atoms. The Balaban J connectivity index is 2.36. The van der Waals surface area contributed by atoms with Gasteiger partial charge in [0.05, 0.1) is 12.0 Å². The summed E-state index contributed by atoms with van der Waals surface area (Å²) in [5.74, 6) is -5.58. The van der Waals surface area contributed by atoms with Crippen molar-refractivity contribution in [3.63, 3.8) is 0 Å². The van der Waals surface area contributed by atoms with E-state index in [0.29, 0.717) is 12.2 Å². The fourth-order valence-corrected chi connectivity index (χ4v) is 2.39. The van der Waals surface area contributed by atoms with Crippen molar-refractivity contribution in [2.75, 3.05) is 6.61 Å².